The van der Waals surface area contributed by atoms with E-state index < -0.39 is 0 Å². The van der Waals surface area contributed by atoms with Crippen molar-refractivity contribution in [2.45, 2.75) is 52.4 Å². The summed E-state index contributed by atoms with van der Waals surface area (Å²) in [7, 11) is 0. The fourth-order valence-electron chi connectivity index (χ4n) is 3.84. The molecule has 2 aromatic carbocycles. The van der Waals surface area contributed by atoms with Crippen molar-refractivity contribution < 1.29 is 20.4 Å². The van der Waals surface area contributed by atoms with Crippen LogP contribution in [-0.2, 0) is 6.42 Å². The van der Waals surface area contributed by atoms with Crippen molar-refractivity contribution in [2.24, 2.45) is 11.8 Å². The van der Waals surface area contributed by atoms with Crippen LogP contribution in [0.1, 0.15) is 57.1 Å². The molecule has 4 heteroatoms. The molecule has 2 rings (SSSR count). The summed E-state index contributed by atoms with van der Waals surface area (Å²) >= 11 is 0. The molecule has 0 amide bonds. The summed E-state index contributed by atoms with van der Waals surface area (Å²) in [5.41, 5.74) is 2.05. The zero-order valence-corrected chi connectivity index (χ0v) is 15.8. The van der Waals surface area contributed by atoms with Crippen LogP contribution >= 0.6 is 0 Å². The smallest absolute Gasteiger partial charge is 0.157 e. The molecule has 0 fully saturated rings. The zero-order valence-electron chi connectivity index (χ0n) is 15.8. The van der Waals surface area contributed by atoms with Gasteiger partial charge in [0.1, 0.15) is 0 Å². The van der Waals surface area contributed by atoms with E-state index in [9.17, 15) is 20.4 Å². The van der Waals surface area contributed by atoms with Crippen molar-refractivity contribution >= 4 is 0 Å². The first-order valence-electron chi connectivity index (χ1n) is 9.40. The Balaban J connectivity index is 2.24. The fourth-order valence-corrected chi connectivity index (χ4v) is 3.84. The molecule has 26 heavy (non-hydrogen) atoms. The van der Waals surface area contributed by atoms with Crippen LogP contribution in [0.2, 0.25) is 0 Å². The molecule has 0 radical (unpaired) electrons. The molecule has 3 unspecified atom stereocenters. The van der Waals surface area contributed by atoms with Crippen LogP contribution in [0.15, 0.2) is 36.4 Å². The van der Waals surface area contributed by atoms with E-state index in [0.29, 0.717) is 11.8 Å². The lowest BCUT2D eigenvalue weighted by molar-refractivity contribution is 0.280. The Labute approximate surface area is 155 Å². The topological polar surface area (TPSA) is 80.9 Å². The lowest BCUT2D eigenvalue weighted by Crippen LogP contribution is -2.21. The second kappa shape index (κ2) is 8.84. The summed E-state index contributed by atoms with van der Waals surface area (Å²) in [6.45, 7) is 6.55. The van der Waals surface area contributed by atoms with E-state index in [2.05, 4.69) is 20.8 Å². The monoisotopic (exact) mass is 358 g/mol. The first kappa shape index (κ1) is 20.0. The molecule has 0 aliphatic rings. The normalized spacial score (nSPS) is 14.7. The number of hydrogen-bond donors (Lipinski definition) is 4. The average Bonchev–Trinajstić information content (AvgIpc) is 2.62. The standard InChI is InChI=1S/C22H30O4/c1-4-6-18(17-8-10-20(24)22(26)13-17)14(3)16(5-2)11-15-7-9-19(23)21(25)12-15/h7-10,12-14,16,18,23-26H,4-6,11H2,1-3H3. The minimum atomic E-state index is -0.0988. The van der Waals surface area contributed by atoms with Gasteiger partial charge in [0.2, 0.25) is 0 Å². The molecular formula is C22H30O4. The molecule has 0 heterocycles. The van der Waals surface area contributed by atoms with Crippen molar-refractivity contribution in [3.05, 3.63) is 47.5 Å². The average molecular weight is 358 g/mol. The first-order chi connectivity index (χ1) is 12.4. The van der Waals surface area contributed by atoms with Gasteiger partial charge in [-0.1, -0.05) is 45.7 Å². The highest BCUT2D eigenvalue weighted by molar-refractivity contribution is 5.42. The second-order valence-corrected chi connectivity index (χ2v) is 7.20. The quantitative estimate of drug-likeness (QED) is 0.483. The first-order valence-corrected chi connectivity index (χ1v) is 9.40. The maximum absolute atomic E-state index is 9.89. The van der Waals surface area contributed by atoms with E-state index in [1.807, 2.05) is 12.1 Å². The summed E-state index contributed by atoms with van der Waals surface area (Å²) < 4.78 is 0. The Morgan fingerprint density at radius 2 is 1.42 bits per heavy atom. The second-order valence-electron chi connectivity index (χ2n) is 7.20. The lowest BCUT2D eigenvalue weighted by atomic mass is 9.74. The van der Waals surface area contributed by atoms with Crippen molar-refractivity contribution in [3.63, 3.8) is 0 Å². The SMILES string of the molecule is CCCC(c1ccc(O)c(O)c1)C(C)C(CC)Cc1ccc(O)c(O)c1. The van der Waals surface area contributed by atoms with E-state index in [4.69, 9.17) is 0 Å². The van der Waals surface area contributed by atoms with E-state index >= 15 is 0 Å². The molecule has 0 aliphatic carbocycles. The number of aromatic hydroxyl groups is 4. The van der Waals surface area contributed by atoms with Gasteiger partial charge in [0.05, 0.1) is 0 Å². The molecule has 0 aliphatic heterocycles. The maximum Gasteiger partial charge on any atom is 0.157 e. The van der Waals surface area contributed by atoms with Crippen molar-refractivity contribution in [1.82, 2.24) is 0 Å². The van der Waals surface area contributed by atoms with E-state index in [1.165, 1.54) is 6.07 Å². The highest BCUT2D eigenvalue weighted by atomic mass is 16.3. The van der Waals surface area contributed by atoms with Crippen LogP contribution in [0, 0.1) is 11.8 Å². The summed E-state index contributed by atoms with van der Waals surface area (Å²) in [4.78, 5) is 0. The Morgan fingerprint density at radius 3 is 1.96 bits per heavy atom. The van der Waals surface area contributed by atoms with Crippen molar-refractivity contribution in [2.75, 3.05) is 0 Å². The van der Waals surface area contributed by atoms with E-state index in [0.717, 1.165) is 36.8 Å². The summed E-state index contributed by atoms with van der Waals surface area (Å²) in [5.74, 6) is 0.681. The zero-order chi connectivity index (χ0) is 19.3. The fraction of sp³-hybridized carbons (Fsp3) is 0.455. The van der Waals surface area contributed by atoms with Crippen molar-refractivity contribution in [3.8, 4) is 23.0 Å². The van der Waals surface area contributed by atoms with Gasteiger partial charge in [0.25, 0.3) is 0 Å². The Bertz CT molecular complexity index is 726. The number of hydrogen-bond acceptors (Lipinski definition) is 4. The number of phenolic OH excluding ortho intramolecular Hbond substituents is 4. The molecule has 0 spiro atoms. The molecule has 4 nitrogen and oxygen atoms in total. The van der Waals surface area contributed by atoms with Crippen LogP contribution in [0.25, 0.3) is 0 Å². The van der Waals surface area contributed by atoms with Crippen LogP contribution in [0.5, 0.6) is 23.0 Å². The van der Waals surface area contributed by atoms with Gasteiger partial charge in [-0.3, -0.25) is 0 Å². The van der Waals surface area contributed by atoms with Crippen LogP contribution in [0.4, 0.5) is 0 Å². The van der Waals surface area contributed by atoms with Gasteiger partial charge in [0, 0.05) is 0 Å². The third-order valence-electron chi connectivity index (χ3n) is 5.47. The van der Waals surface area contributed by atoms with Gasteiger partial charge in [0.15, 0.2) is 23.0 Å². The van der Waals surface area contributed by atoms with Gasteiger partial charge in [-0.2, -0.15) is 0 Å². The Morgan fingerprint density at radius 1 is 0.808 bits per heavy atom. The third-order valence-corrected chi connectivity index (χ3v) is 5.47. The number of benzene rings is 2. The molecule has 3 atom stereocenters. The molecule has 0 saturated carbocycles. The summed E-state index contributed by atoms with van der Waals surface area (Å²) in [5, 5.41) is 38.7. The number of phenols is 4. The molecule has 2 aromatic rings. The lowest BCUT2D eigenvalue weighted by Gasteiger charge is -2.31. The predicted molar refractivity (Wildman–Crippen MR) is 104 cm³/mol. The Hall–Kier alpha value is -2.36. The molecule has 142 valence electrons. The van der Waals surface area contributed by atoms with Crippen molar-refractivity contribution in [1.29, 1.82) is 0 Å². The van der Waals surface area contributed by atoms with Gasteiger partial charge < -0.3 is 20.4 Å². The molecule has 0 bridgehead atoms. The molecule has 0 saturated heterocycles. The molecule has 4 N–H and O–H groups in total. The number of rotatable bonds is 8. The minimum absolute atomic E-state index is 0.0766. The summed E-state index contributed by atoms with van der Waals surface area (Å²) in [6.07, 6.45) is 3.85. The van der Waals surface area contributed by atoms with Gasteiger partial charge >= 0.3 is 0 Å². The van der Waals surface area contributed by atoms with E-state index in [-0.39, 0.29) is 28.9 Å². The van der Waals surface area contributed by atoms with Gasteiger partial charge in [-0.25, -0.2) is 0 Å². The van der Waals surface area contributed by atoms with Gasteiger partial charge in [-0.05, 0) is 66.0 Å². The molecule has 0 aromatic heterocycles. The highest BCUT2D eigenvalue weighted by Gasteiger charge is 2.26. The van der Waals surface area contributed by atoms with Gasteiger partial charge in [-0.15, -0.1) is 0 Å². The van der Waals surface area contributed by atoms with Crippen LogP contribution < -0.4 is 0 Å². The van der Waals surface area contributed by atoms with E-state index in [1.54, 1.807) is 18.2 Å². The van der Waals surface area contributed by atoms with Crippen LogP contribution in [-0.4, -0.2) is 20.4 Å². The largest absolute Gasteiger partial charge is 0.504 e. The predicted octanol–water partition coefficient (Wildman–Crippen LogP) is 5.30. The Kier molecular flexibility index (Phi) is 6.78. The minimum Gasteiger partial charge on any atom is -0.504 e. The molecular weight excluding hydrogens is 328 g/mol. The van der Waals surface area contributed by atoms with Crippen LogP contribution in [0.3, 0.4) is 0 Å². The maximum atomic E-state index is 9.89. The highest BCUT2D eigenvalue weighted by Crippen LogP contribution is 2.40. The summed E-state index contributed by atoms with van der Waals surface area (Å²) in [6, 6.07) is 10.1. The third kappa shape index (κ3) is 4.63.